The average Bonchev–Trinajstić information content (AvgIpc) is 2.14. The van der Waals surface area contributed by atoms with Gasteiger partial charge in [0.25, 0.3) is 0 Å². The quantitative estimate of drug-likeness (QED) is 0.801. The van der Waals surface area contributed by atoms with Crippen molar-refractivity contribution in [3.05, 3.63) is 0 Å². The molecule has 0 bridgehead atoms. The van der Waals surface area contributed by atoms with Crippen molar-refractivity contribution in [3.63, 3.8) is 0 Å². The molecule has 1 fully saturated rings. The molecule has 0 saturated carbocycles. The van der Waals surface area contributed by atoms with Crippen LogP contribution in [0, 0.1) is 0 Å². The van der Waals surface area contributed by atoms with E-state index in [1.54, 1.807) is 13.8 Å². The van der Waals surface area contributed by atoms with E-state index in [0.29, 0.717) is 6.61 Å². The zero-order chi connectivity index (χ0) is 12.6. The van der Waals surface area contributed by atoms with E-state index in [2.05, 4.69) is 13.8 Å². The number of carboxylic acid groups (broad SMARTS) is 1. The molecule has 94 valence electrons. The highest BCUT2D eigenvalue weighted by Gasteiger charge is 2.40. The van der Waals surface area contributed by atoms with Crippen LogP contribution in [0.3, 0.4) is 0 Å². The number of ether oxygens (including phenoxy) is 1. The van der Waals surface area contributed by atoms with Crippen LogP contribution in [-0.2, 0) is 9.53 Å². The van der Waals surface area contributed by atoms with Gasteiger partial charge in [-0.05, 0) is 47.6 Å². The van der Waals surface area contributed by atoms with E-state index in [0.717, 1.165) is 12.8 Å². The third kappa shape index (κ3) is 2.74. The number of rotatable bonds is 3. The lowest BCUT2D eigenvalue weighted by Gasteiger charge is -2.44. The largest absolute Gasteiger partial charge is 0.480 e. The van der Waals surface area contributed by atoms with Crippen molar-refractivity contribution in [1.29, 1.82) is 0 Å². The van der Waals surface area contributed by atoms with Crippen molar-refractivity contribution in [1.82, 2.24) is 4.90 Å². The van der Waals surface area contributed by atoms with Gasteiger partial charge in [-0.15, -0.1) is 0 Å². The maximum absolute atomic E-state index is 11.2. The smallest absolute Gasteiger partial charge is 0.323 e. The standard InChI is InChI=1S/C12H23NO3/c1-11(2)8-9(6-7-16-11)13(5)12(3,4)10(14)15/h9H,6-8H2,1-5H3,(H,14,15). The molecule has 1 unspecified atom stereocenters. The molecule has 1 heterocycles. The third-order valence-electron chi connectivity index (χ3n) is 3.62. The van der Waals surface area contributed by atoms with Gasteiger partial charge in [0.15, 0.2) is 0 Å². The summed E-state index contributed by atoms with van der Waals surface area (Å²) in [4.78, 5) is 13.2. The molecule has 0 aromatic rings. The van der Waals surface area contributed by atoms with Gasteiger partial charge >= 0.3 is 5.97 Å². The second-order valence-electron chi connectivity index (χ2n) is 5.73. The fraction of sp³-hybridized carbons (Fsp3) is 0.917. The zero-order valence-electron chi connectivity index (χ0n) is 10.9. The van der Waals surface area contributed by atoms with Crippen LogP contribution in [0.4, 0.5) is 0 Å². The summed E-state index contributed by atoms with van der Waals surface area (Å²) in [6.07, 6.45) is 1.77. The Morgan fingerprint density at radius 1 is 1.50 bits per heavy atom. The predicted octanol–water partition coefficient (Wildman–Crippen LogP) is 1.74. The molecular formula is C12H23NO3. The van der Waals surface area contributed by atoms with Gasteiger partial charge in [-0.25, -0.2) is 0 Å². The van der Waals surface area contributed by atoms with E-state index in [4.69, 9.17) is 4.74 Å². The molecule has 0 spiro atoms. The minimum absolute atomic E-state index is 0.147. The van der Waals surface area contributed by atoms with Gasteiger partial charge < -0.3 is 9.84 Å². The van der Waals surface area contributed by atoms with Gasteiger partial charge in [-0.2, -0.15) is 0 Å². The molecule has 1 N–H and O–H groups in total. The Morgan fingerprint density at radius 3 is 2.50 bits per heavy atom. The summed E-state index contributed by atoms with van der Waals surface area (Å²) in [7, 11) is 1.89. The van der Waals surface area contributed by atoms with Crippen molar-refractivity contribution >= 4 is 5.97 Å². The van der Waals surface area contributed by atoms with Crippen LogP contribution in [0.1, 0.15) is 40.5 Å². The van der Waals surface area contributed by atoms with Crippen molar-refractivity contribution in [3.8, 4) is 0 Å². The van der Waals surface area contributed by atoms with Gasteiger partial charge in [0.05, 0.1) is 5.60 Å². The molecule has 1 atom stereocenters. The summed E-state index contributed by atoms with van der Waals surface area (Å²) in [5.74, 6) is -0.778. The average molecular weight is 229 g/mol. The number of carboxylic acids is 1. The van der Waals surface area contributed by atoms with Gasteiger partial charge in [0.1, 0.15) is 5.54 Å². The fourth-order valence-corrected chi connectivity index (χ4v) is 2.14. The highest BCUT2D eigenvalue weighted by Crippen LogP contribution is 2.30. The number of aliphatic carboxylic acids is 1. The van der Waals surface area contributed by atoms with E-state index < -0.39 is 11.5 Å². The molecule has 1 saturated heterocycles. The predicted molar refractivity (Wildman–Crippen MR) is 62.5 cm³/mol. The van der Waals surface area contributed by atoms with Crippen LogP contribution in [-0.4, -0.2) is 46.8 Å². The summed E-state index contributed by atoms with van der Waals surface area (Å²) in [5.41, 5.74) is -0.968. The van der Waals surface area contributed by atoms with Crippen LogP contribution in [0.15, 0.2) is 0 Å². The molecule has 1 rings (SSSR count). The normalized spacial score (nSPS) is 25.8. The van der Waals surface area contributed by atoms with E-state index in [-0.39, 0.29) is 11.6 Å². The maximum atomic E-state index is 11.2. The maximum Gasteiger partial charge on any atom is 0.323 e. The molecule has 1 aliphatic rings. The summed E-state index contributed by atoms with van der Waals surface area (Å²) in [6, 6.07) is 0.273. The minimum atomic E-state index is -0.821. The van der Waals surface area contributed by atoms with Gasteiger partial charge in [-0.1, -0.05) is 0 Å². The summed E-state index contributed by atoms with van der Waals surface area (Å²) < 4.78 is 5.64. The van der Waals surface area contributed by atoms with Crippen molar-refractivity contribution in [2.45, 2.75) is 57.7 Å². The monoisotopic (exact) mass is 229 g/mol. The molecule has 0 amide bonds. The lowest BCUT2D eigenvalue weighted by atomic mass is 9.90. The molecule has 0 aromatic carbocycles. The second kappa shape index (κ2) is 4.34. The van der Waals surface area contributed by atoms with Crippen LogP contribution in [0.25, 0.3) is 0 Å². The Morgan fingerprint density at radius 2 is 2.06 bits per heavy atom. The first kappa shape index (κ1) is 13.5. The highest BCUT2D eigenvalue weighted by molar-refractivity contribution is 5.77. The summed E-state index contributed by atoms with van der Waals surface area (Å²) in [6.45, 7) is 8.31. The van der Waals surface area contributed by atoms with Crippen molar-refractivity contribution in [2.75, 3.05) is 13.7 Å². The number of hydrogen-bond donors (Lipinski definition) is 1. The van der Waals surface area contributed by atoms with E-state index in [9.17, 15) is 9.90 Å². The first-order valence-corrected chi connectivity index (χ1v) is 5.77. The zero-order valence-corrected chi connectivity index (χ0v) is 10.9. The number of nitrogens with zero attached hydrogens (tertiary/aromatic N) is 1. The molecular weight excluding hydrogens is 206 g/mol. The molecule has 4 heteroatoms. The van der Waals surface area contributed by atoms with Gasteiger partial charge in [-0.3, -0.25) is 9.69 Å². The Bertz CT molecular complexity index is 273. The van der Waals surface area contributed by atoms with Crippen molar-refractivity contribution < 1.29 is 14.6 Å². The van der Waals surface area contributed by atoms with E-state index >= 15 is 0 Å². The molecule has 16 heavy (non-hydrogen) atoms. The Kier molecular flexibility index (Phi) is 3.65. The first-order chi connectivity index (χ1) is 7.17. The van der Waals surface area contributed by atoms with Crippen molar-refractivity contribution in [2.24, 2.45) is 0 Å². The lowest BCUT2D eigenvalue weighted by Crippen LogP contribution is -2.56. The molecule has 0 aliphatic carbocycles. The van der Waals surface area contributed by atoms with E-state index in [1.165, 1.54) is 0 Å². The Hall–Kier alpha value is -0.610. The van der Waals surface area contributed by atoms with Crippen LogP contribution < -0.4 is 0 Å². The topological polar surface area (TPSA) is 49.8 Å². The molecule has 4 nitrogen and oxygen atoms in total. The van der Waals surface area contributed by atoms with E-state index in [1.807, 2.05) is 11.9 Å². The number of hydrogen-bond acceptors (Lipinski definition) is 3. The molecule has 1 aliphatic heterocycles. The third-order valence-corrected chi connectivity index (χ3v) is 3.62. The first-order valence-electron chi connectivity index (χ1n) is 5.77. The Balaban J connectivity index is 2.74. The fourth-order valence-electron chi connectivity index (χ4n) is 2.14. The summed E-state index contributed by atoms with van der Waals surface area (Å²) in [5, 5.41) is 9.20. The minimum Gasteiger partial charge on any atom is -0.480 e. The van der Waals surface area contributed by atoms with Gasteiger partial charge in [0, 0.05) is 12.6 Å². The number of likely N-dealkylation sites (N-methyl/N-ethyl adjacent to an activating group) is 1. The molecule has 0 radical (unpaired) electrons. The van der Waals surface area contributed by atoms with Crippen LogP contribution in [0.2, 0.25) is 0 Å². The molecule has 0 aromatic heterocycles. The van der Waals surface area contributed by atoms with Crippen LogP contribution in [0.5, 0.6) is 0 Å². The summed E-state index contributed by atoms with van der Waals surface area (Å²) >= 11 is 0. The van der Waals surface area contributed by atoms with Gasteiger partial charge in [0.2, 0.25) is 0 Å². The second-order valence-corrected chi connectivity index (χ2v) is 5.73. The SMILES string of the molecule is CN(C1CCOC(C)(C)C1)C(C)(C)C(=O)O. The number of carbonyl (C=O) groups is 1. The lowest BCUT2D eigenvalue weighted by molar-refractivity contribution is -0.154. The Labute approximate surface area is 97.6 Å². The van der Waals surface area contributed by atoms with Crippen LogP contribution >= 0.6 is 0 Å². The highest BCUT2D eigenvalue weighted by atomic mass is 16.5.